The SMILES string of the molecule is Cc1nc2n(n1)CC(NC(=O)NCc1cccc3c1OCCCO3)CC2. The number of aryl methyl sites for hydroxylation is 2. The predicted octanol–water partition coefficient (Wildman–Crippen LogP) is 1.56. The Morgan fingerprint density at radius 2 is 2.23 bits per heavy atom. The van der Waals surface area contributed by atoms with E-state index >= 15 is 0 Å². The highest BCUT2D eigenvalue weighted by molar-refractivity contribution is 5.74. The summed E-state index contributed by atoms with van der Waals surface area (Å²) in [6.45, 7) is 4.20. The monoisotopic (exact) mass is 357 g/mol. The number of carbonyl (C=O) groups is 1. The van der Waals surface area contributed by atoms with Crippen LogP contribution in [0.1, 0.15) is 30.1 Å². The number of nitrogens with one attached hydrogen (secondary N) is 2. The highest BCUT2D eigenvalue weighted by atomic mass is 16.5. The quantitative estimate of drug-likeness (QED) is 0.870. The maximum atomic E-state index is 12.3. The third kappa shape index (κ3) is 3.58. The van der Waals surface area contributed by atoms with E-state index in [9.17, 15) is 4.79 Å². The lowest BCUT2D eigenvalue weighted by Crippen LogP contribution is -2.45. The normalized spacial score (nSPS) is 18.6. The third-order valence-electron chi connectivity index (χ3n) is 4.59. The van der Waals surface area contributed by atoms with Gasteiger partial charge in [0.25, 0.3) is 0 Å². The van der Waals surface area contributed by atoms with Crippen molar-refractivity contribution in [3.05, 3.63) is 35.4 Å². The molecule has 8 heteroatoms. The zero-order valence-electron chi connectivity index (χ0n) is 14.8. The van der Waals surface area contributed by atoms with Crippen LogP contribution in [0.4, 0.5) is 4.79 Å². The minimum Gasteiger partial charge on any atom is -0.490 e. The molecule has 1 aromatic heterocycles. The molecule has 4 rings (SSSR count). The summed E-state index contributed by atoms with van der Waals surface area (Å²) in [7, 11) is 0. The standard InChI is InChI=1S/C18H23N5O3/c1-12-20-16-7-6-14(11-23(16)22-12)21-18(24)19-10-13-4-2-5-15-17(13)26-9-3-8-25-15/h2,4-5,14H,3,6-11H2,1H3,(H2,19,21,24). The summed E-state index contributed by atoms with van der Waals surface area (Å²) >= 11 is 0. The van der Waals surface area contributed by atoms with Crippen LogP contribution in [0.15, 0.2) is 18.2 Å². The number of hydrogen-bond donors (Lipinski definition) is 2. The number of amides is 2. The van der Waals surface area contributed by atoms with E-state index in [2.05, 4.69) is 20.7 Å². The molecule has 2 aromatic rings. The van der Waals surface area contributed by atoms with Gasteiger partial charge in [0.05, 0.1) is 25.8 Å². The van der Waals surface area contributed by atoms with Crippen LogP contribution in [-0.4, -0.2) is 40.1 Å². The predicted molar refractivity (Wildman–Crippen MR) is 94.3 cm³/mol. The number of carbonyl (C=O) groups excluding carboxylic acids is 1. The van der Waals surface area contributed by atoms with Gasteiger partial charge < -0.3 is 20.1 Å². The van der Waals surface area contributed by atoms with Gasteiger partial charge in [-0.15, -0.1) is 0 Å². The fraction of sp³-hybridized carbons (Fsp3) is 0.500. The molecule has 1 unspecified atom stereocenters. The Morgan fingerprint density at radius 1 is 1.35 bits per heavy atom. The lowest BCUT2D eigenvalue weighted by molar-refractivity contribution is 0.231. The molecule has 8 nitrogen and oxygen atoms in total. The Kier molecular flexibility index (Phi) is 4.64. The van der Waals surface area contributed by atoms with Gasteiger partial charge in [-0.25, -0.2) is 14.5 Å². The Morgan fingerprint density at radius 3 is 3.15 bits per heavy atom. The van der Waals surface area contributed by atoms with Crippen molar-refractivity contribution >= 4 is 6.03 Å². The van der Waals surface area contributed by atoms with E-state index in [0.29, 0.717) is 26.3 Å². The van der Waals surface area contributed by atoms with Crippen molar-refractivity contribution in [3.8, 4) is 11.5 Å². The van der Waals surface area contributed by atoms with Gasteiger partial charge in [0.1, 0.15) is 11.6 Å². The van der Waals surface area contributed by atoms with Gasteiger partial charge in [-0.05, 0) is 19.4 Å². The van der Waals surface area contributed by atoms with Crippen LogP contribution in [0.25, 0.3) is 0 Å². The van der Waals surface area contributed by atoms with E-state index in [1.54, 1.807) is 0 Å². The van der Waals surface area contributed by atoms with Gasteiger partial charge in [-0.2, -0.15) is 5.10 Å². The molecule has 0 fully saturated rings. The topological polar surface area (TPSA) is 90.3 Å². The van der Waals surface area contributed by atoms with Gasteiger partial charge in [-0.3, -0.25) is 0 Å². The van der Waals surface area contributed by atoms with Crippen LogP contribution in [0.5, 0.6) is 11.5 Å². The maximum absolute atomic E-state index is 12.3. The summed E-state index contributed by atoms with van der Waals surface area (Å²) in [6.07, 6.45) is 2.54. The van der Waals surface area contributed by atoms with Crippen LogP contribution in [0.3, 0.4) is 0 Å². The molecule has 0 bridgehead atoms. The number of benzene rings is 1. The summed E-state index contributed by atoms with van der Waals surface area (Å²) in [4.78, 5) is 16.7. The number of ether oxygens (including phenoxy) is 2. The van der Waals surface area contributed by atoms with E-state index in [4.69, 9.17) is 9.47 Å². The van der Waals surface area contributed by atoms with Gasteiger partial charge in [0.2, 0.25) is 0 Å². The van der Waals surface area contributed by atoms with Crippen molar-refractivity contribution in [2.45, 2.75) is 45.3 Å². The first-order valence-corrected chi connectivity index (χ1v) is 9.01. The van der Waals surface area contributed by atoms with Gasteiger partial charge in [-0.1, -0.05) is 12.1 Å². The van der Waals surface area contributed by atoms with Crippen molar-refractivity contribution in [1.82, 2.24) is 25.4 Å². The van der Waals surface area contributed by atoms with E-state index in [1.165, 1.54) is 0 Å². The molecule has 26 heavy (non-hydrogen) atoms. The zero-order valence-corrected chi connectivity index (χ0v) is 14.8. The number of para-hydroxylation sites is 1. The minimum absolute atomic E-state index is 0.0519. The summed E-state index contributed by atoms with van der Waals surface area (Å²) in [6, 6.07) is 5.61. The van der Waals surface area contributed by atoms with Crippen molar-refractivity contribution in [3.63, 3.8) is 0 Å². The molecule has 0 saturated carbocycles. The largest absolute Gasteiger partial charge is 0.490 e. The Bertz CT molecular complexity index is 804. The maximum Gasteiger partial charge on any atom is 0.315 e. The zero-order chi connectivity index (χ0) is 17.9. The highest BCUT2D eigenvalue weighted by Crippen LogP contribution is 2.33. The Labute approximate surface area is 151 Å². The molecule has 0 aliphatic carbocycles. The number of rotatable bonds is 3. The first kappa shape index (κ1) is 16.7. The second-order valence-electron chi connectivity index (χ2n) is 6.61. The van der Waals surface area contributed by atoms with Crippen LogP contribution in [-0.2, 0) is 19.5 Å². The average molecular weight is 357 g/mol. The fourth-order valence-electron chi connectivity index (χ4n) is 3.36. The molecule has 138 valence electrons. The highest BCUT2D eigenvalue weighted by Gasteiger charge is 2.22. The molecule has 2 amide bonds. The molecule has 2 aliphatic rings. The number of nitrogens with zero attached hydrogens (tertiary/aromatic N) is 3. The van der Waals surface area contributed by atoms with Crippen LogP contribution in [0.2, 0.25) is 0 Å². The summed E-state index contributed by atoms with van der Waals surface area (Å²) in [5.74, 6) is 3.23. The fourth-order valence-corrected chi connectivity index (χ4v) is 3.36. The summed E-state index contributed by atoms with van der Waals surface area (Å²) < 4.78 is 13.4. The molecule has 2 N–H and O–H groups in total. The van der Waals surface area contributed by atoms with Crippen LogP contribution < -0.4 is 20.1 Å². The van der Waals surface area contributed by atoms with Crippen molar-refractivity contribution in [2.75, 3.05) is 13.2 Å². The number of aromatic nitrogens is 3. The molecule has 1 aromatic carbocycles. The number of fused-ring (bicyclic) bond motifs is 2. The molecule has 3 heterocycles. The lowest BCUT2D eigenvalue weighted by Gasteiger charge is -2.23. The second-order valence-corrected chi connectivity index (χ2v) is 6.61. The first-order valence-electron chi connectivity index (χ1n) is 9.01. The molecule has 2 aliphatic heterocycles. The third-order valence-corrected chi connectivity index (χ3v) is 4.59. The summed E-state index contributed by atoms with van der Waals surface area (Å²) in [5, 5.41) is 10.3. The van der Waals surface area contributed by atoms with E-state index in [0.717, 1.165) is 48.0 Å². The minimum atomic E-state index is -0.192. The molecule has 0 saturated heterocycles. The second kappa shape index (κ2) is 7.23. The molecular formula is C18H23N5O3. The first-order chi connectivity index (χ1) is 12.7. The van der Waals surface area contributed by atoms with E-state index < -0.39 is 0 Å². The van der Waals surface area contributed by atoms with Gasteiger partial charge in [0.15, 0.2) is 11.5 Å². The Balaban J connectivity index is 1.34. The average Bonchev–Trinajstić information content (AvgIpc) is 2.84. The van der Waals surface area contributed by atoms with Gasteiger partial charge >= 0.3 is 6.03 Å². The van der Waals surface area contributed by atoms with Crippen LogP contribution >= 0.6 is 0 Å². The molecule has 1 atom stereocenters. The van der Waals surface area contributed by atoms with Crippen LogP contribution in [0, 0.1) is 6.92 Å². The van der Waals surface area contributed by atoms with E-state index in [1.807, 2.05) is 29.8 Å². The smallest absolute Gasteiger partial charge is 0.315 e. The number of hydrogen-bond acceptors (Lipinski definition) is 5. The molecule has 0 spiro atoms. The summed E-state index contributed by atoms with van der Waals surface area (Å²) in [5.41, 5.74) is 0.914. The number of urea groups is 1. The van der Waals surface area contributed by atoms with Crippen molar-refractivity contribution in [1.29, 1.82) is 0 Å². The van der Waals surface area contributed by atoms with Crippen molar-refractivity contribution < 1.29 is 14.3 Å². The van der Waals surface area contributed by atoms with Gasteiger partial charge in [0, 0.05) is 24.9 Å². The lowest BCUT2D eigenvalue weighted by atomic mass is 10.1. The molecular weight excluding hydrogens is 334 g/mol. The van der Waals surface area contributed by atoms with E-state index in [-0.39, 0.29) is 12.1 Å². The molecule has 0 radical (unpaired) electrons. The Hall–Kier alpha value is -2.77. The van der Waals surface area contributed by atoms with Crippen molar-refractivity contribution in [2.24, 2.45) is 0 Å².